The summed E-state index contributed by atoms with van der Waals surface area (Å²) < 4.78 is 1.65. The number of aliphatic hydroxyl groups excluding tert-OH is 1. The number of carbonyl (C=O) groups is 2. The van der Waals surface area contributed by atoms with Crippen molar-refractivity contribution in [3.63, 3.8) is 0 Å². The van der Waals surface area contributed by atoms with Crippen LogP contribution in [-0.2, 0) is 22.7 Å². The van der Waals surface area contributed by atoms with Crippen LogP contribution in [0, 0.1) is 6.92 Å². The summed E-state index contributed by atoms with van der Waals surface area (Å²) in [4.78, 5) is 28.4. The van der Waals surface area contributed by atoms with E-state index in [0.29, 0.717) is 10.9 Å². The summed E-state index contributed by atoms with van der Waals surface area (Å²) in [6.07, 6.45) is 3.57. The predicted octanol–water partition coefficient (Wildman–Crippen LogP) is 1.69. The number of aliphatic hydroxyl groups is 1. The summed E-state index contributed by atoms with van der Waals surface area (Å²) in [5.74, 6) is -0.0902. The van der Waals surface area contributed by atoms with Gasteiger partial charge in [0.1, 0.15) is 6.54 Å². The van der Waals surface area contributed by atoms with Crippen molar-refractivity contribution in [2.75, 3.05) is 11.1 Å². The van der Waals surface area contributed by atoms with E-state index in [4.69, 9.17) is 0 Å². The van der Waals surface area contributed by atoms with Crippen LogP contribution in [0.3, 0.4) is 0 Å². The van der Waals surface area contributed by atoms with Crippen LogP contribution in [0.1, 0.15) is 24.1 Å². The van der Waals surface area contributed by atoms with Crippen LogP contribution in [0.15, 0.2) is 35.6 Å². The molecule has 0 saturated heterocycles. The van der Waals surface area contributed by atoms with Crippen molar-refractivity contribution in [2.45, 2.75) is 44.1 Å². The van der Waals surface area contributed by atoms with Crippen molar-refractivity contribution in [1.29, 1.82) is 0 Å². The molecule has 1 aliphatic carbocycles. The highest BCUT2D eigenvalue weighted by Crippen LogP contribution is 2.21. The van der Waals surface area contributed by atoms with E-state index in [1.165, 1.54) is 18.0 Å². The molecule has 1 aromatic heterocycles. The molecule has 0 radical (unpaired) electrons. The first kappa shape index (κ1) is 18.5. The van der Waals surface area contributed by atoms with Gasteiger partial charge in [-0.3, -0.25) is 9.59 Å². The van der Waals surface area contributed by atoms with E-state index in [0.717, 1.165) is 24.1 Å². The number of nitrogens with one attached hydrogen (secondary N) is 2. The molecule has 2 amide bonds. The van der Waals surface area contributed by atoms with Gasteiger partial charge >= 0.3 is 0 Å². The highest BCUT2D eigenvalue weighted by molar-refractivity contribution is 7.99. The summed E-state index contributed by atoms with van der Waals surface area (Å²) in [6, 6.07) is 7.85. The maximum Gasteiger partial charge on any atom is 0.240 e. The van der Waals surface area contributed by atoms with Crippen molar-refractivity contribution in [3.8, 4) is 0 Å². The number of nitrogens with zero attached hydrogens (tertiary/aromatic N) is 2. The van der Waals surface area contributed by atoms with Gasteiger partial charge in [0.2, 0.25) is 11.8 Å². The van der Waals surface area contributed by atoms with Gasteiger partial charge in [-0.2, -0.15) is 0 Å². The van der Waals surface area contributed by atoms with Crippen molar-refractivity contribution in [1.82, 2.24) is 14.9 Å². The van der Waals surface area contributed by atoms with E-state index in [1.807, 2.05) is 31.2 Å². The van der Waals surface area contributed by atoms with Crippen molar-refractivity contribution < 1.29 is 14.7 Å². The van der Waals surface area contributed by atoms with Crippen LogP contribution >= 0.6 is 11.8 Å². The zero-order chi connectivity index (χ0) is 18.5. The van der Waals surface area contributed by atoms with Crippen LogP contribution in [0.4, 0.5) is 5.69 Å². The average molecular weight is 374 g/mol. The molecule has 2 aromatic rings. The molecule has 138 valence electrons. The largest absolute Gasteiger partial charge is 0.390 e. The van der Waals surface area contributed by atoms with E-state index < -0.39 is 0 Å². The summed E-state index contributed by atoms with van der Waals surface area (Å²) in [6.45, 7) is 1.87. The van der Waals surface area contributed by atoms with Crippen LogP contribution in [0.5, 0.6) is 0 Å². The maximum atomic E-state index is 12.1. The molecule has 1 fully saturated rings. The molecule has 3 rings (SSSR count). The van der Waals surface area contributed by atoms with Gasteiger partial charge in [0.25, 0.3) is 0 Å². The second-order valence-electron chi connectivity index (χ2n) is 6.32. The molecule has 0 unspecified atom stereocenters. The van der Waals surface area contributed by atoms with Crippen molar-refractivity contribution >= 4 is 29.3 Å². The maximum absolute atomic E-state index is 12.1. The zero-order valence-electron chi connectivity index (χ0n) is 14.6. The second kappa shape index (κ2) is 8.37. The third kappa shape index (κ3) is 5.09. The number of aromatic nitrogens is 2. The van der Waals surface area contributed by atoms with E-state index in [1.54, 1.807) is 4.57 Å². The van der Waals surface area contributed by atoms with Gasteiger partial charge in [-0.25, -0.2) is 4.98 Å². The molecule has 0 atom stereocenters. The van der Waals surface area contributed by atoms with Crippen LogP contribution in [0.2, 0.25) is 0 Å². The summed E-state index contributed by atoms with van der Waals surface area (Å²) in [5.41, 5.74) is 2.42. The Morgan fingerprint density at radius 2 is 2.00 bits per heavy atom. The molecule has 1 aliphatic rings. The Morgan fingerprint density at radius 3 is 2.65 bits per heavy atom. The molecule has 1 saturated carbocycles. The minimum absolute atomic E-state index is 0.0916. The lowest BCUT2D eigenvalue weighted by Crippen LogP contribution is -2.30. The van der Waals surface area contributed by atoms with E-state index in [2.05, 4.69) is 15.6 Å². The predicted molar refractivity (Wildman–Crippen MR) is 99.8 cm³/mol. The number of benzene rings is 1. The average Bonchev–Trinajstić information content (AvgIpc) is 3.34. The number of aryl methyl sites for hydroxylation is 1. The minimum atomic E-state index is -0.209. The molecular formula is C18H22N4O3S. The van der Waals surface area contributed by atoms with Gasteiger partial charge < -0.3 is 20.3 Å². The number of hydrogen-bond donors (Lipinski definition) is 3. The molecule has 8 heteroatoms. The van der Waals surface area contributed by atoms with Crippen LogP contribution < -0.4 is 10.6 Å². The van der Waals surface area contributed by atoms with Gasteiger partial charge in [-0.1, -0.05) is 29.5 Å². The number of amides is 2. The Labute approximate surface area is 156 Å². The fourth-order valence-electron chi connectivity index (χ4n) is 2.41. The Balaban J connectivity index is 1.57. The third-order valence-electron chi connectivity index (χ3n) is 3.98. The van der Waals surface area contributed by atoms with Crippen LogP contribution in [0.25, 0.3) is 0 Å². The fourth-order valence-corrected chi connectivity index (χ4v) is 3.21. The lowest BCUT2D eigenvalue weighted by atomic mass is 10.2. The van der Waals surface area contributed by atoms with Crippen molar-refractivity contribution in [2.24, 2.45) is 0 Å². The van der Waals surface area contributed by atoms with E-state index >= 15 is 0 Å². The number of thioether (sulfide) groups is 1. The minimum Gasteiger partial charge on any atom is -0.390 e. The number of imidazole rings is 1. The molecule has 1 aromatic carbocycles. The lowest BCUT2D eigenvalue weighted by Gasteiger charge is -2.11. The summed E-state index contributed by atoms with van der Waals surface area (Å²) >= 11 is 1.24. The number of carbonyl (C=O) groups excluding carboxylic acids is 2. The lowest BCUT2D eigenvalue weighted by molar-refractivity contribution is -0.122. The monoisotopic (exact) mass is 374 g/mol. The van der Waals surface area contributed by atoms with E-state index in [9.17, 15) is 14.7 Å². The fraction of sp³-hybridized carbons (Fsp3) is 0.389. The highest BCUT2D eigenvalue weighted by Gasteiger charge is 2.24. The smallest absolute Gasteiger partial charge is 0.240 e. The topological polar surface area (TPSA) is 96.2 Å². The molecule has 7 nitrogen and oxygen atoms in total. The Kier molecular flexibility index (Phi) is 5.95. The first-order valence-electron chi connectivity index (χ1n) is 8.49. The van der Waals surface area contributed by atoms with Gasteiger partial charge in [0.05, 0.1) is 24.3 Å². The molecule has 0 bridgehead atoms. The van der Waals surface area contributed by atoms with E-state index in [-0.39, 0.29) is 36.8 Å². The van der Waals surface area contributed by atoms with Gasteiger partial charge in [-0.15, -0.1) is 0 Å². The highest BCUT2D eigenvalue weighted by atomic mass is 32.2. The number of hydrogen-bond acceptors (Lipinski definition) is 5. The zero-order valence-corrected chi connectivity index (χ0v) is 15.4. The Bertz CT molecular complexity index is 784. The molecule has 3 N–H and O–H groups in total. The summed E-state index contributed by atoms with van der Waals surface area (Å²) in [5, 5.41) is 15.7. The normalized spacial score (nSPS) is 13.5. The molecule has 1 heterocycles. The number of rotatable bonds is 8. The second-order valence-corrected chi connectivity index (χ2v) is 7.26. The van der Waals surface area contributed by atoms with Crippen molar-refractivity contribution in [3.05, 3.63) is 41.7 Å². The number of anilines is 1. The first-order chi connectivity index (χ1) is 12.5. The standard InChI is InChI=1S/C18H22N4O3S/c1-12-2-4-13(5-3-12)21-17(25)11-26-18-19-8-15(10-23)22(18)9-16(24)20-14-6-7-14/h2-5,8,14,23H,6-7,9-11H2,1H3,(H,20,24)(H,21,25). The SMILES string of the molecule is Cc1ccc(NC(=O)CSc2ncc(CO)n2CC(=O)NC2CC2)cc1. The molecular weight excluding hydrogens is 352 g/mol. The Morgan fingerprint density at radius 1 is 1.27 bits per heavy atom. The third-order valence-corrected chi connectivity index (χ3v) is 4.97. The molecule has 0 aliphatic heterocycles. The van der Waals surface area contributed by atoms with Gasteiger partial charge in [0.15, 0.2) is 5.16 Å². The van der Waals surface area contributed by atoms with Gasteiger partial charge in [0, 0.05) is 11.7 Å². The Hall–Kier alpha value is -2.32. The molecule has 0 spiro atoms. The quantitative estimate of drug-likeness (QED) is 0.611. The molecule has 26 heavy (non-hydrogen) atoms. The van der Waals surface area contributed by atoms with Gasteiger partial charge in [-0.05, 0) is 31.9 Å². The summed E-state index contributed by atoms with van der Waals surface area (Å²) in [7, 11) is 0. The first-order valence-corrected chi connectivity index (χ1v) is 9.47. The van der Waals surface area contributed by atoms with Crippen LogP contribution in [-0.4, -0.2) is 38.3 Å².